The van der Waals surface area contributed by atoms with E-state index in [0.717, 1.165) is 5.56 Å². The monoisotopic (exact) mass is 392 g/mol. The first-order chi connectivity index (χ1) is 13.1. The number of benzene rings is 1. The van der Waals surface area contributed by atoms with E-state index in [-0.39, 0.29) is 18.9 Å². The highest BCUT2D eigenvalue weighted by Gasteiger charge is 2.29. The standard InChI is InChI=1S/C19H28N4O5/c1-11(2)16(23-15(24)10-20)18(26)22-14(9-13-7-5-4-6-8-13)17(25)21-12(3)19(27)28/h4-8,11-12,14,16H,9-10,20H2,1-3H3,(H,21,25)(H,22,26)(H,23,24)(H,27,28). The van der Waals surface area contributed by atoms with Gasteiger partial charge in [-0.3, -0.25) is 19.2 Å². The minimum Gasteiger partial charge on any atom is -0.480 e. The van der Waals surface area contributed by atoms with Crippen LogP contribution in [0.5, 0.6) is 0 Å². The van der Waals surface area contributed by atoms with Crippen LogP contribution < -0.4 is 21.7 Å². The van der Waals surface area contributed by atoms with Gasteiger partial charge >= 0.3 is 5.97 Å². The normalized spacial score (nSPS) is 13.9. The van der Waals surface area contributed by atoms with Crippen molar-refractivity contribution in [2.45, 2.75) is 45.3 Å². The van der Waals surface area contributed by atoms with Crippen molar-refractivity contribution in [3.63, 3.8) is 0 Å². The third-order valence-electron chi connectivity index (χ3n) is 4.10. The van der Waals surface area contributed by atoms with Gasteiger partial charge in [-0.1, -0.05) is 44.2 Å². The predicted octanol–water partition coefficient (Wildman–Crippen LogP) is -0.597. The number of nitrogens with one attached hydrogen (secondary N) is 3. The van der Waals surface area contributed by atoms with Gasteiger partial charge in [0.25, 0.3) is 0 Å². The molecule has 0 aliphatic heterocycles. The Kier molecular flexibility index (Phi) is 9.10. The maximum absolute atomic E-state index is 12.7. The average Bonchev–Trinajstić information content (AvgIpc) is 2.65. The number of carboxylic acids is 1. The summed E-state index contributed by atoms with van der Waals surface area (Å²) in [7, 11) is 0. The number of aliphatic carboxylic acids is 1. The second kappa shape index (κ2) is 11.0. The highest BCUT2D eigenvalue weighted by Crippen LogP contribution is 2.07. The van der Waals surface area contributed by atoms with Crippen LogP contribution in [0.15, 0.2) is 30.3 Å². The third kappa shape index (κ3) is 7.36. The Morgan fingerprint density at radius 3 is 2.07 bits per heavy atom. The fraction of sp³-hybridized carbons (Fsp3) is 0.474. The molecule has 0 fully saturated rings. The Balaban J connectivity index is 2.99. The molecule has 0 aromatic heterocycles. The zero-order chi connectivity index (χ0) is 21.3. The molecule has 3 amide bonds. The van der Waals surface area contributed by atoms with Crippen LogP contribution in [0.4, 0.5) is 0 Å². The molecule has 0 spiro atoms. The van der Waals surface area contributed by atoms with Crippen molar-refractivity contribution in [2.24, 2.45) is 11.7 Å². The molecule has 0 saturated heterocycles. The highest BCUT2D eigenvalue weighted by atomic mass is 16.4. The van der Waals surface area contributed by atoms with E-state index in [9.17, 15) is 19.2 Å². The maximum Gasteiger partial charge on any atom is 0.325 e. The summed E-state index contributed by atoms with van der Waals surface area (Å²) >= 11 is 0. The van der Waals surface area contributed by atoms with E-state index in [2.05, 4.69) is 16.0 Å². The lowest BCUT2D eigenvalue weighted by Crippen LogP contribution is -2.57. The number of hydrogen-bond acceptors (Lipinski definition) is 5. The first-order valence-corrected chi connectivity index (χ1v) is 9.02. The van der Waals surface area contributed by atoms with Crippen molar-refractivity contribution < 1.29 is 24.3 Å². The third-order valence-corrected chi connectivity index (χ3v) is 4.10. The first kappa shape index (κ1) is 23.1. The van der Waals surface area contributed by atoms with Crippen molar-refractivity contribution in [3.8, 4) is 0 Å². The van der Waals surface area contributed by atoms with E-state index in [1.807, 2.05) is 6.07 Å². The molecule has 1 rings (SSSR count). The SMILES string of the molecule is CC(NC(=O)C(Cc1ccccc1)NC(=O)C(NC(=O)CN)C(C)C)C(=O)O. The molecule has 154 valence electrons. The van der Waals surface area contributed by atoms with Crippen LogP contribution in [-0.2, 0) is 25.6 Å². The van der Waals surface area contributed by atoms with Crippen molar-refractivity contribution in [3.05, 3.63) is 35.9 Å². The zero-order valence-corrected chi connectivity index (χ0v) is 16.3. The van der Waals surface area contributed by atoms with Crippen LogP contribution in [0.3, 0.4) is 0 Å². The fourth-order valence-electron chi connectivity index (χ4n) is 2.46. The van der Waals surface area contributed by atoms with Crippen LogP contribution in [-0.4, -0.2) is 53.5 Å². The summed E-state index contributed by atoms with van der Waals surface area (Å²) in [6, 6.07) is 6.01. The summed E-state index contributed by atoms with van der Waals surface area (Å²) < 4.78 is 0. The molecule has 1 aromatic rings. The van der Waals surface area contributed by atoms with Crippen LogP contribution in [0.1, 0.15) is 26.3 Å². The van der Waals surface area contributed by atoms with Gasteiger partial charge in [0.05, 0.1) is 6.54 Å². The summed E-state index contributed by atoms with van der Waals surface area (Å²) in [6.07, 6.45) is 0.167. The number of rotatable bonds is 10. The van der Waals surface area contributed by atoms with Crippen LogP contribution in [0.2, 0.25) is 0 Å². The molecule has 0 bridgehead atoms. The largest absolute Gasteiger partial charge is 0.480 e. The van der Waals surface area contributed by atoms with E-state index in [0.29, 0.717) is 0 Å². The van der Waals surface area contributed by atoms with Gasteiger partial charge in [0.15, 0.2) is 0 Å². The Hall–Kier alpha value is -2.94. The molecule has 0 saturated carbocycles. The van der Waals surface area contributed by atoms with Crippen molar-refractivity contribution in [1.29, 1.82) is 0 Å². The van der Waals surface area contributed by atoms with E-state index in [1.54, 1.807) is 38.1 Å². The molecule has 6 N–H and O–H groups in total. The lowest BCUT2D eigenvalue weighted by molar-refractivity contribution is -0.141. The summed E-state index contributed by atoms with van der Waals surface area (Å²) in [4.78, 5) is 47.9. The smallest absolute Gasteiger partial charge is 0.325 e. The van der Waals surface area contributed by atoms with E-state index >= 15 is 0 Å². The van der Waals surface area contributed by atoms with Gasteiger partial charge in [-0.2, -0.15) is 0 Å². The van der Waals surface area contributed by atoms with Crippen molar-refractivity contribution in [2.75, 3.05) is 6.54 Å². The summed E-state index contributed by atoms with van der Waals surface area (Å²) in [5, 5.41) is 16.5. The Morgan fingerprint density at radius 1 is 0.964 bits per heavy atom. The molecule has 1 aromatic carbocycles. The van der Waals surface area contributed by atoms with Gasteiger partial charge in [0.2, 0.25) is 17.7 Å². The number of hydrogen-bond donors (Lipinski definition) is 5. The highest BCUT2D eigenvalue weighted by molar-refractivity contribution is 5.93. The van der Waals surface area contributed by atoms with Gasteiger partial charge in [0.1, 0.15) is 18.1 Å². The van der Waals surface area contributed by atoms with E-state index < -0.39 is 41.8 Å². The molecule has 0 radical (unpaired) electrons. The van der Waals surface area contributed by atoms with Gasteiger partial charge in [-0.15, -0.1) is 0 Å². The number of carbonyl (C=O) groups is 4. The Morgan fingerprint density at radius 2 is 1.57 bits per heavy atom. The Labute approximate surface area is 164 Å². The van der Waals surface area contributed by atoms with E-state index in [1.165, 1.54) is 6.92 Å². The van der Waals surface area contributed by atoms with Crippen LogP contribution in [0, 0.1) is 5.92 Å². The van der Waals surface area contributed by atoms with Gasteiger partial charge in [0, 0.05) is 6.42 Å². The van der Waals surface area contributed by atoms with E-state index in [4.69, 9.17) is 10.8 Å². The molecular formula is C19H28N4O5. The Bertz CT molecular complexity index is 693. The van der Waals surface area contributed by atoms with Gasteiger partial charge < -0.3 is 26.8 Å². The lowest BCUT2D eigenvalue weighted by atomic mass is 10.0. The number of carboxylic acid groups (broad SMARTS) is 1. The number of carbonyl (C=O) groups excluding carboxylic acids is 3. The van der Waals surface area contributed by atoms with Crippen LogP contribution in [0.25, 0.3) is 0 Å². The lowest BCUT2D eigenvalue weighted by Gasteiger charge is -2.25. The summed E-state index contributed by atoms with van der Waals surface area (Å²) in [5.41, 5.74) is 6.08. The molecular weight excluding hydrogens is 364 g/mol. The number of nitrogens with two attached hydrogens (primary N) is 1. The molecule has 0 aliphatic carbocycles. The summed E-state index contributed by atoms with van der Waals surface area (Å²) in [5.74, 6) is -3.09. The molecule has 28 heavy (non-hydrogen) atoms. The second-order valence-electron chi connectivity index (χ2n) is 6.81. The summed E-state index contributed by atoms with van der Waals surface area (Å²) in [6.45, 7) is 4.57. The molecule has 3 atom stereocenters. The van der Waals surface area contributed by atoms with Crippen molar-refractivity contribution >= 4 is 23.7 Å². The number of amides is 3. The zero-order valence-electron chi connectivity index (χ0n) is 16.3. The molecule has 0 aliphatic rings. The topological polar surface area (TPSA) is 151 Å². The van der Waals surface area contributed by atoms with Gasteiger partial charge in [-0.05, 0) is 18.4 Å². The fourth-order valence-corrected chi connectivity index (χ4v) is 2.46. The molecule has 3 unspecified atom stereocenters. The molecule has 9 nitrogen and oxygen atoms in total. The minimum atomic E-state index is -1.19. The van der Waals surface area contributed by atoms with Gasteiger partial charge in [-0.25, -0.2) is 0 Å². The van der Waals surface area contributed by atoms with Crippen LogP contribution >= 0.6 is 0 Å². The molecule has 0 heterocycles. The maximum atomic E-state index is 12.7. The van der Waals surface area contributed by atoms with Crippen molar-refractivity contribution in [1.82, 2.24) is 16.0 Å². The molecule has 9 heteroatoms. The predicted molar refractivity (Wildman–Crippen MR) is 103 cm³/mol. The minimum absolute atomic E-state index is 0.167. The first-order valence-electron chi connectivity index (χ1n) is 9.02. The average molecular weight is 392 g/mol. The quantitative estimate of drug-likeness (QED) is 0.359. The second-order valence-corrected chi connectivity index (χ2v) is 6.81.